The molecule has 2 unspecified atom stereocenters. The van der Waals surface area contributed by atoms with Crippen LogP contribution >= 0.6 is 0 Å². The number of nitrogens with zero attached hydrogens (tertiary/aromatic N) is 2. The molecule has 2 aromatic rings. The maximum atomic E-state index is 6.18. The van der Waals surface area contributed by atoms with Crippen molar-refractivity contribution in [2.45, 2.75) is 51.5 Å². The number of aromatic nitrogens is 2. The van der Waals surface area contributed by atoms with Crippen LogP contribution in [0.25, 0.3) is 11.4 Å². The highest BCUT2D eigenvalue weighted by atomic mass is 16.5. The topological polar surface area (TPSA) is 64.9 Å². The van der Waals surface area contributed by atoms with Crippen molar-refractivity contribution in [3.8, 4) is 11.4 Å². The zero-order chi connectivity index (χ0) is 14.1. The van der Waals surface area contributed by atoms with Crippen molar-refractivity contribution in [2.24, 2.45) is 5.73 Å². The van der Waals surface area contributed by atoms with Gasteiger partial charge >= 0.3 is 0 Å². The van der Waals surface area contributed by atoms with Crippen molar-refractivity contribution in [3.05, 3.63) is 35.2 Å². The van der Waals surface area contributed by atoms with Crippen molar-refractivity contribution in [1.29, 1.82) is 0 Å². The summed E-state index contributed by atoms with van der Waals surface area (Å²) in [6, 6.07) is 6.38. The van der Waals surface area contributed by atoms with Gasteiger partial charge in [0.05, 0.1) is 5.92 Å². The van der Waals surface area contributed by atoms with Crippen LogP contribution in [0.5, 0.6) is 0 Å². The third kappa shape index (κ3) is 2.48. The van der Waals surface area contributed by atoms with Gasteiger partial charge in [-0.2, -0.15) is 4.98 Å². The van der Waals surface area contributed by atoms with Gasteiger partial charge in [0, 0.05) is 11.6 Å². The van der Waals surface area contributed by atoms with Crippen LogP contribution in [0.2, 0.25) is 0 Å². The molecular formula is C16H21N3O. The van der Waals surface area contributed by atoms with Gasteiger partial charge in [0.2, 0.25) is 11.7 Å². The highest BCUT2D eigenvalue weighted by Gasteiger charge is 2.28. The first-order valence-corrected chi connectivity index (χ1v) is 7.32. The molecule has 1 aromatic carbocycles. The second kappa shape index (κ2) is 5.37. The van der Waals surface area contributed by atoms with Crippen molar-refractivity contribution < 1.29 is 4.52 Å². The van der Waals surface area contributed by atoms with Crippen molar-refractivity contribution in [2.75, 3.05) is 0 Å². The van der Waals surface area contributed by atoms with E-state index < -0.39 is 0 Å². The molecule has 2 N–H and O–H groups in total. The summed E-state index contributed by atoms with van der Waals surface area (Å²) in [7, 11) is 0. The molecule has 1 aliphatic rings. The fourth-order valence-corrected chi connectivity index (χ4v) is 2.85. The summed E-state index contributed by atoms with van der Waals surface area (Å²) in [6.45, 7) is 4.19. The van der Waals surface area contributed by atoms with E-state index in [9.17, 15) is 0 Å². The fraction of sp³-hybridized carbons (Fsp3) is 0.500. The number of hydrogen-bond acceptors (Lipinski definition) is 4. The molecule has 20 heavy (non-hydrogen) atoms. The van der Waals surface area contributed by atoms with Crippen LogP contribution in [0.1, 0.15) is 48.6 Å². The molecule has 0 bridgehead atoms. The molecule has 4 heteroatoms. The first kappa shape index (κ1) is 13.3. The van der Waals surface area contributed by atoms with Crippen LogP contribution in [-0.4, -0.2) is 16.2 Å². The van der Waals surface area contributed by atoms with Gasteiger partial charge in [0.25, 0.3) is 0 Å². The molecule has 3 rings (SSSR count). The normalized spacial score (nSPS) is 22.9. The average molecular weight is 271 g/mol. The minimum absolute atomic E-state index is 0.150. The summed E-state index contributed by atoms with van der Waals surface area (Å²) < 4.78 is 5.46. The monoisotopic (exact) mass is 271 g/mol. The van der Waals surface area contributed by atoms with Crippen LogP contribution in [-0.2, 0) is 0 Å². The highest BCUT2D eigenvalue weighted by Crippen LogP contribution is 2.32. The van der Waals surface area contributed by atoms with E-state index >= 15 is 0 Å². The van der Waals surface area contributed by atoms with Crippen molar-refractivity contribution >= 4 is 0 Å². The SMILES string of the molecule is Cc1ccc(-c2noc(C3CCCCC3N)n2)cc1C. The van der Waals surface area contributed by atoms with Crippen molar-refractivity contribution in [1.82, 2.24) is 10.1 Å². The summed E-state index contributed by atoms with van der Waals surface area (Å²) in [5.74, 6) is 1.59. The zero-order valence-electron chi connectivity index (χ0n) is 12.1. The predicted octanol–water partition coefficient (Wildman–Crippen LogP) is 3.34. The molecule has 106 valence electrons. The van der Waals surface area contributed by atoms with E-state index in [0.29, 0.717) is 11.7 Å². The van der Waals surface area contributed by atoms with Gasteiger partial charge in [-0.1, -0.05) is 30.1 Å². The molecule has 1 aliphatic carbocycles. The Bertz CT molecular complexity index is 606. The number of hydrogen-bond donors (Lipinski definition) is 1. The lowest BCUT2D eigenvalue weighted by molar-refractivity contribution is 0.290. The molecule has 1 fully saturated rings. The van der Waals surface area contributed by atoms with E-state index in [4.69, 9.17) is 10.3 Å². The van der Waals surface area contributed by atoms with E-state index in [1.807, 2.05) is 6.07 Å². The number of benzene rings is 1. The van der Waals surface area contributed by atoms with Gasteiger partial charge < -0.3 is 10.3 Å². The Kier molecular flexibility index (Phi) is 3.57. The Morgan fingerprint density at radius 1 is 1.15 bits per heavy atom. The largest absolute Gasteiger partial charge is 0.339 e. The quantitative estimate of drug-likeness (QED) is 0.909. The van der Waals surface area contributed by atoms with E-state index in [1.165, 1.54) is 24.0 Å². The first-order chi connectivity index (χ1) is 9.65. The number of rotatable bonds is 2. The Balaban J connectivity index is 1.87. The Morgan fingerprint density at radius 3 is 2.70 bits per heavy atom. The molecule has 1 saturated carbocycles. The molecule has 2 atom stereocenters. The predicted molar refractivity (Wildman–Crippen MR) is 78.4 cm³/mol. The minimum atomic E-state index is 0.150. The number of nitrogens with two attached hydrogens (primary N) is 1. The molecule has 1 aromatic heterocycles. The van der Waals surface area contributed by atoms with Gasteiger partial charge in [-0.3, -0.25) is 0 Å². The Morgan fingerprint density at radius 2 is 1.95 bits per heavy atom. The summed E-state index contributed by atoms with van der Waals surface area (Å²) in [6.07, 6.45) is 4.50. The van der Waals surface area contributed by atoms with Gasteiger partial charge in [-0.05, 0) is 43.9 Å². The third-order valence-electron chi connectivity index (χ3n) is 4.34. The average Bonchev–Trinajstić information content (AvgIpc) is 2.92. The lowest BCUT2D eigenvalue weighted by Gasteiger charge is -2.25. The summed E-state index contributed by atoms with van der Waals surface area (Å²) in [5, 5.41) is 4.13. The van der Waals surface area contributed by atoms with E-state index in [2.05, 4.69) is 36.1 Å². The van der Waals surface area contributed by atoms with Crippen molar-refractivity contribution in [3.63, 3.8) is 0 Å². The highest BCUT2D eigenvalue weighted by molar-refractivity contribution is 5.56. The minimum Gasteiger partial charge on any atom is -0.339 e. The molecule has 1 heterocycles. The second-order valence-corrected chi connectivity index (χ2v) is 5.81. The van der Waals surface area contributed by atoms with Gasteiger partial charge in [0.1, 0.15) is 0 Å². The second-order valence-electron chi connectivity index (χ2n) is 5.81. The zero-order valence-corrected chi connectivity index (χ0v) is 12.1. The van der Waals surface area contributed by atoms with E-state index in [1.54, 1.807) is 0 Å². The van der Waals surface area contributed by atoms with Crippen LogP contribution < -0.4 is 5.73 Å². The number of aryl methyl sites for hydroxylation is 2. The van der Waals surface area contributed by atoms with Gasteiger partial charge in [0.15, 0.2) is 0 Å². The summed E-state index contributed by atoms with van der Waals surface area (Å²) in [5.41, 5.74) is 9.69. The standard InChI is InChI=1S/C16H21N3O/c1-10-7-8-12(9-11(10)2)15-18-16(20-19-15)13-5-3-4-6-14(13)17/h7-9,13-14H,3-6,17H2,1-2H3. The maximum absolute atomic E-state index is 6.18. The smallest absolute Gasteiger partial charge is 0.231 e. The maximum Gasteiger partial charge on any atom is 0.231 e. The first-order valence-electron chi connectivity index (χ1n) is 7.32. The third-order valence-corrected chi connectivity index (χ3v) is 4.34. The molecule has 0 radical (unpaired) electrons. The lowest BCUT2D eigenvalue weighted by atomic mass is 9.85. The van der Waals surface area contributed by atoms with Crippen LogP contribution in [0.3, 0.4) is 0 Å². The van der Waals surface area contributed by atoms with Gasteiger partial charge in [-0.15, -0.1) is 0 Å². The summed E-state index contributed by atoms with van der Waals surface area (Å²) in [4.78, 5) is 4.57. The van der Waals surface area contributed by atoms with Gasteiger partial charge in [-0.25, -0.2) is 0 Å². The van der Waals surface area contributed by atoms with Crippen LogP contribution in [0, 0.1) is 13.8 Å². The van der Waals surface area contributed by atoms with E-state index in [-0.39, 0.29) is 12.0 Å². The molecular weight excluding hydrogens is 250 g/mol. The molecule has 4 nitrogen and oxygen atoms in total. The molecule has 0 saturated heterocycles. The molecule has 0 spiro atoms. The fourth-order valence-electron chi connectivity index (χ4n) is 2.85. The van der Waals surface area contributed by atoms with Crippen LogP contribution in [0.15, 0.2) is 22.7 Å². The van der Waals surface area contributed by atoms with Crippen LogP contribution in [0.4, 0.5) is 0 Å². The van der Waals surface area contributed by atoms with E-state index in [0.717, 1.165) is 18.4 Å². The lowest BCUT2D eigenvalue weighted by Crippen LogP contribution is -2.31. The Hall–Kier alpha value is -1.68. The molecule has 0 aliphatic heterocycles. The summed E-state index contributed by atoms with van der Waals surface area (Å²) >= 11 is 0. The Labute approximate surface area is 119 Å². The molecule has 0 amide bonds.